The molecule has 4 nitrogen and oxygen atoms in total. The minimum Gasteiger partial charge on any atom is -0.491 e. The Kier molecular flexibility index (Phi) is 6.66. The highest BCUT2D eigenvalue weighted by molar-refractivity contribution is 5.85. The van der Waals surface area contributed by atoms with Crippen LogP contribution in [0.25, 0.3) is 0 Å². The molecule has 1 amide bonds. The maximum absolute atomic E-state index is 13.4. The molecule has 2 fully saturated rings. The zero-order chi connectivity index (χ0) is 15.4. The van der Waals surface area contributed by atoms with Crippen LogP contribution in [0.15, 0.2) is 24.3 Å². The number of para-hydroxylation sites is 1. The van der Waals surface area contributed by atoms with E-state index in [4.69, 9.17) is 4.74 Å². The van der Waals surface area contributed by atoms with Crippen molar-refractivity contribution in [3.63, 3.8) is 0 Å². The molecule has 2 N–H and O–H groups in total. The number of rotatable bonds is 6. The third kappa shape index (κ3) is 5.08. The quantitative estimate of drug-likeness (QED) is 0.782. The molecule has 1 aromatic rings. The molecule has 2 saturated heterocycles. The highest BCUT2D eigenvalue weighted by Gasteiger charge is 2.33. The van der Waals surface area contributed by atoms with E-state index in [0.29, 0.717) is 37.6 Å². The van der Waals surface area contributed by atoms with Crippen molar-refractivity contribution in [1.82, 2.24) is 10.6 Å². The summed E-state index contributed by atoms with van der Waals surface area (Å²) in [6, 6.07) is 7.78. The van der Waals surface area contributed by atoms with Crippen LogP contribution in [0.2, 0.25) is 0 Å². The SMILES string of the molecule is Cl.O=C(CCCOc1ccccc1F)NC1CC2CCC(C1)N2. The van der Waals surface area contributed by atoms with Gasteiger partial charge >= 0.3 is 0 Å². The van der Waals surface area contributed by atoms with E-state index in [1.54, 1.807) is 18.2 Å². The predicted octanol–water partition coefficient (Wildman–Crippen LogP) is 2.81. The Balaban J connectivity index is 0.00000192. The highest BCUT2D eigenvalue weighted by Crippen LogP contribution is 2.26. The van der Waals surface area contributed by atoms with Gasteiger partial charge in [0.25, 0.3) is 0 Å². The Hall–Kier alpha value is -1.33. The number of nitrogens with one attached hydrogen (secondary N) is 2. The number of benzene rings is 1. The minimum absolute atomic E-state index is 0. The predicted molar refractivity (Wildman–Crippen MR) is 89.5 cm³/mol. The van der Waals surface area contributed by atoms with E-state index in [1.165, 1.54) is 18.9 Å². The van der Waals surface area contributed by atoms with Crippen LogP contribution < -0.4 is 15.4 Å². The lowest BCUT2D eigenvalue weighted by molar-refractivity contribution is -0.122. The monoisotopic (exact) mass is 342 g/mol. The number of carbonyl (C=O) groups excluding carboxylic acids is 1. The molecule has 6 heteroatoms. The molecule has 0 radical (unpaired) electrons. The molecule has 0 aliphatic carbocycles. The van der Waals surface area contributed by atoms with Gasteiger partial charge in [-0.25, -0.2) is 4.39 Å². The van der Waals surface area contributed by atoms with Crippen LogP contribution in [0.1, 0.15) is 38.5 Å². The fraction of sp³-hybridized carbons (Fsp3) is 0.588. The first-order chi connectivity index (χ1) is 10.7. The number of ether oxygens (including phenoxy) is 1. The van der Waals surface area contributed by atoms with Gasteiger partial charge in [0.15, 0.2) is 11.6 Å². The molecule has 2 unspecified atom stereocenters. The maximum atomic E-state index is 13.4. The van der Waals surface area contributed by atoms with E-state index in [1.807, 2.05) is 0 Å². The number of hydrogen-bond acceptors (Lipinski definition) is 3. The van der Waals surface area contributed by atoms with Crippen molar-refractivity contribution in [3.8, 4) is 5.75 Å². The first-order valence-electron chi connectivity index (χ1n) is 8.13. The summed E-state index contributed by atoms with van der Waals surface area (Å²) in [6.07, 6.45) is 5.55. The Bertz CT molecular complexity index is 517. The summed E-state index contributed by atoms with van der Waals surface area (Å²) in [5, 5.41) is 6.68. The molecule has 3 rings (SSSR count). The molecule has 2 atom stereocenters. The second-order valence-electron chi connectivity index (χ2n) is 6.26. The lowest BCUT2D eigenvalue weighted by atomic mass is 9.99. The van der Waals surface area contributed by atoms with Gasteiger partial charge in [0.05, 0.1) is 6.61 Å². The lowest BCUT2D eigenvalue weighted by Gasteiger charge is -2.29. The third-order valence-electron chi connectivity index (χ3n) is 4.48. The van der Waals surface area contributed by atoms with E-state index in [9.17, 15) is 9.18 Å². The Morgan fingerprint density at radius 1 is 1.26 bits per heavy atom. The summed E-state index contributed by atoms with van der Waals surface area (Å²) >= 11 is 0. The molecular weight excluding hydrogens is 319 g/mol. The van der Waals surface area contributed by atoms with Crippen molar-refractivity contribution in [2.24, 2.45) is 0 Å². The molecule has 23 heavy (non-hydrogen) atoms. The van der Waals surface area contributed by atoms with E-state index < -0.39 is 0 Å². The summed E-state index contributed by atoms with van der Waals surface area (Å²) in [6.45, 7) is 0.353. The van der Waals surface area contributed by atoms with Crippen molar-refractivity contribution in [3.05, 3.63) is 30.1 Å². The molecule has 128 valence electrons. The maximum Gasteiger partial charge on any atom is 0.220 e. The number of carbonyl (C=O) groups is 1. The van der Waals surface area contributed by atoms with Gasteiger partial charge in [-0.15, -0.1) is 12.4 Å². The standard InChI is InChI=1S/C17H23FN2O2.ClH/c18-15-4-1-2-5-16(15)22-9-3-6-17(21)20-14-10-12-7-8-13(11-14)19-12;/h1-2,4-5,12-14,19H,3,6-11H2,(H,20,21);1H. The number of halogens is 2. The minimum atomic E-state index is -0.364. The molecule has 2 bridgehead atoms. The second kappa shape index (κ2) is 8.50. The van der Waals surface area contributed by atoms with E-state index in [2.05, 4.69) is 10.6 Å². The van der Waals surface area contributed by atoms with Crippen LogP contribution in [0.3, 0.4) is 0 Å². The highest BCUT2D eigenvalue weighted by atomic mass is 35.5. The molecule has 0 spiro atoms. The number of piperidine rings is 1. The molecular formula is C17H24ClFN2O2. The molecule has 1 aromatic carbocycles. The zero-order valence-electron chi connectivity index (χ0n) is 13.1. The van der Waals surface area contributed by atoms with Gasteiger partial charge in [0.1, 0.15) is 0 Å². The van der Waals surface area contributed by atoms with Gasteiger partial charge < -0.3 is 15.4 Å². The molecule has 0 aromatic heterocycles. The molecule has 2 aliphatic heterocycles. The molecule has 2 heterocycles. The fourth-order valence-corrected chi connectivity index (χ4v) is 3.45. The van der Waals surface area contributed by atoms with Crippen molar-refractivity contribution in [1.29, 1.82) is 0 Å². The Morgan fingerprint density at radius 2 is 1.96 bits per heavy atom. The summed E-state index contributed by atoms with van der Waals surface area (Å²) in [7, 11) is 0. The van der Waals surface area contributed by atoms with Crippen LogP contribution >= 0.6 is 12.4 Å². The van der Waals surface area contributed by atoms with Crippen molar-refractivity contribution in [2.45, 2.75) is 56.7 Å². The van der Waals surface area contributed by atoms with Gasteiger partial charge in [-0.1, -0.05) is 12.1 Å². The van der Waals surface area contributed by atoms with Gasteiger partial charge in [0, 0.05) is 24.5 Å². The zero-order valence-corrected chi connectivity index (χ0v) is 13.9. The van der Waals surface area contributed by atoms with Crippen LogP contribution in [0.4, 0.5) is 4.39 Å². The first kappa shape index (κ1) is 18.0. The van der Waals surface area contributed by atoms with E-state index in [-0.39, 0.29) is 29.9 Å². The van der Waals surface area contributed by atoms with Gasteiger partial charge in [-0.2, -0.15) is 0 Å². The Labute approximate surface area is 142 Å². The van der Waals surface area contributed by atoms with E-state index in [0.717, 1.165) is 12.8 Å². The summed E-state index contributed by atoms with van der Waals surface area (Å²) in [5.41, 5.74) is 0. The topological polar surface area (TPSA) is 50.4 Å². The summed E-state index contributed by atoms with van der Waals surface area (Å²) < 4.78 is 18.7. The largest absolute Gasteiger partial charge is 0.491 e. The van der Waals surface area contributed by atoms with Gasteiger partial charge in [0.2, 0.25) is 5.91 Å². The lowest BCUT2D eigenvalue weighted by Crippen LogP contribution is -2.48. The summed E-state index contributed by atoms with van der Waals surface area (Å²) in [5.74, 6) is -0.0431. The molecule has 0 saturated carbocycles. The van der Waals surface area contributed by atoms with Crippen molar-refractivity contribution < 1.29 is 13.9 Å². The second-order valence-corrected chi connectivity index (χ2v) is 6.26. The van der Waals surface area contributed by atoms with Crippen LogP contribution in [-0.2, 0) is 4.79 Å². The molecule has 2 aliphatic rings. The van der Waals surface area contributed by atoms with Gasteiger partial charge in [-0.3, -0.25) is 4.79 Å². The number of amides is 1. The van der Waals surface area contributed by atoms with Crippen LogP contribution in [0, 0.1) is 5.82 Å². The Morgan fingerprint density at radius 3 is 2.65 bits per heavy atom. The van der Waals surface area contributed by atoms with Crippen molar-refractivity contribution in [2.75, 3.05) is 6.61 Å². The fourth-order valence-electron chi connectivity index (χ4n) is 3.45. The van der Waals surface area contributed by atoms with E-state index >= 15 is 0 Å². The third-order valence-corrected chi connectivity index (χ3v) is 4.48. The van der Waals surface area contributed by atoms with Crippen LogP contribution in [-0.4, -0.2) is 30.6 Å². The summed E-state index contributed by atoms with van der Waals surface area (Å²) in [4.78, 5) is 12.0. The normalized spacial score (nSPS) is 25.5. The smallest absolute Gasteiger partial charge is 0.220 e. The average molecular weight is 343 g/mol. The number of fused-ring (bicyclic) bond motifs is 2. The first-order valence-corrected chi connectivity index (χ1v) is 8.13. The van der Waals surface area contributed by atoms with Crippen LogP contribution in [0.5, 0.6) is 5.75 Å². The van der Waals surface area contributed by atoms with Gasteiger partial charge in [-0.05, 0) is 44.2 Å². The van der Waals surface area contributed by atoms with Crippen molar-refractivity contribution >= 4 is 18.3 Å². The number of hydrogen-bond donors (Lipinski definition) is 2. The average Bonchev–Trinajstić information content (AvgIpc) is 2.84.